The predicted octanol–water partition coefficient (Wildman–Crippen LogP) is 1.47. The molecule has 2 unspecified atom stereocenters. The molecule has 0 amide bonds. The molecule has 0 saturated heterocycles. The van der Waals surface area contributed by atoms with Gasteiger partial charge < -0.3 is 5.11 Å². The lowest BCUT2D eigenvalue weighted by atomic mass is 10.0. The van der Waals surface area contributed by atoms with Crippen LogP contribution in [-0.4, -0.2) is 29.3 Å². The molecule has 0 fully saturated rings. The summed E-state index contributed by atoms with van der Waals surface area (Å²) in [6, 6.07) is 5.89. The summed E-state index contributed by atoms with van der Waals surface area (Å²) in [5, 5.41) is 14.6. The molecule has 6 nitrogen and oxygen atoms in total. The quantitative estimate of drug-likeness (QED) is 0.870. The van der Waals surface area contributed by atoms with Crippen LogP contribution in [0.5, 0.6) is 0 Å². The van der Waals surface area contributed by atoms with Crippen LogP contribution in [0, 0.1) is 0 Å². The van der Waals surface area contributed by atoms with Crippen LogP contribution in [-0.2, 0) is 17.1 Å². The summed E-state index contributed by atoms with van der Waals surface area (Å²) < 4.78 is 28.1. The first-order valence-corrected chi connectivity index (χ1v) is 8.10. The van der Waals surface area contributed by atoms with Gasteiger partial charge in [-0.3, -0.25) is 4.68 Å². The van der Waals surface area contributed by atoms with Gasteiger partial charge in [0.1, 0.15) is 4.90 Å². The molecule has 0 aliphatic carbocycles. The second kappa shape index (κ2) is 6.15. The minimum absolute atomic E-state index is 0.0557. The lowest BCUT2D eigenvalue weighted by Crippen LogP contribution is -2.36. The second-order valence-electron chi connectivity index (χ2n) is 4.76. The van der Waals surface area contributed by atoms with E-state index in [1.165, 1.54) is 17.1 Å². The van der Waals surface area contributed by atoms with Gasteiger partial charge in [0.05, 0.1) is 12.3 Å². The second-order valence-corrected chi connectivity index (χ2v) is 6.91. The number of aliphatic hydroxyl groups excluding tert-OH is 1. The Hall–Kier alpha value is -1.41. The monoisotopic (exact) mass is 329 g/mol. The van der Waals surface area contributed by atoms with Gasteiger partial charge in [-0.2, -0.15) is 5.10 Å². The van der Waals surface area contributed by atoms with Gasteiger partial charge in [0.15, 0.2) is 0 Å². The van der Waals surface area contributed by atoms with Crippen molar-refractivity contribution < 1.29 is 13.5 Å². The molecule has 0 radical (unpaired) electrons. The third kappa shape index (κ3) is 3.82. The summed E-state index contributed by atoms with van der Waals surface area (Å²) in [6.07, 6.45) is 1.67. The van der Waals surface area contributed by atoms with Gasteiger partial charge in [0, 0.05) is 24.3 Å². The van der Waals surface area contributed by atoms with E-state index in [4.69, 9.17) is 11.6 Å². The van der Waals surface area contributed by atoms with E-state index in [1.54, 1.807) is 38.2 Å². The van der Waals surface area contributed by atoms with Gasteiger partial charge in [-0.1, -0.05) is 23.7 Å². The number of hydrogen-bond acceptors (Lipinski definition) is 4. The Labute approximate surface area is 128 Å². The first kappa shape index (κ1) is 16.0. The SMILES string of the molecule is CC(NS(=O)(=O)c1cnn(C)c1)C(O)c1ccc(Cl)cc1. The first-order chi connectivity index (χ1) is 9.79. The molecule has 1 aromatic heterocycles. The Kier molecular flexibility index (Phi) is 4.67. The molecule has 2 atom stereocenters. The fraction of sp³-hybridized carbons (Fsp3) is 0.308. The minimum atomic E-state index is -3.72. The van der Waals surface area contributed by atoms with E-state index in [2.05, 4.69) is 9.82 Å². The van der Waals surface area contributed by atoms with E-state index < -0.39 is 22.2 Å². The average Bonchev–Trinajstić information content (AvgIpc) is 2.86. The third-order valence-corrected chi connectivity index (χ3v) is 4.78. The van der Waals surface area contributed by atoms with Gasteiger partial charge >= 0.3 is 0 Å². The Morgan fingerprint density at radius 2 is 1.95 bits per heavy atom. The molecule has 0 bridgehead atoms. The molecule has 114 valence electrons. The van der Waals surface area contributed by atoms with Crippen LogP contribution >= 0.6 is 11.6 Å². The fourth-order valence-corrected chi connectivity index (χ4v) is 3.22. The molecule has 1 aromatic carbocycles. The molecule has 1 heterocycles. The number of nitrogens with one attached hydrogen (secondary N) is 1. The average molecular weight is 330 g/mol. The van der Waals surface area contributed by atoms with Crippen molar-refractivity contribution in [2.75, 3.05) is 0 Å². The zero-order valence-corrected chi connectivity index (χ0v) is 13.1. The van der Waals surface area contributed by atoms with Crippen LogP contribution < -0.4 is 4.72 Å². The van der Waals surface area contributed by atoms with Crippen LogP contribution in [0.2, 0.25) is 5.02 Å². The van der Waals surface area contributed by atoms with Crippen molar-refractivity contribution in [2.45, 2.75) is 24.0 Å². The minimum Gasteiger partial charge on any atom is -0.387 e. The number of benzene rings is 1. The summed E-state index contributed by atoms with van der Waals surface area (Å²) in [4.78, 5) is 0.0557. The maximum atomic E-state index is 12.1. The highest BCUT2D eigenvalue weighted by atomic mass is 35.5. The highest BCUT2D eigenvalue weighted by molar-refractivity contribution is 7.89. The Balaban J connectivity index is 2.13. The molecule has 2 rings (SSSR count). The number of halogens is 1. The largest absolute Gasteiger partial charge is 0.387 e. The van der Waals surface area contributed by atoms with Crippen molar-refractivity contribution in [1.82, 2.24) is 14.5 Å². The van der Waals surface area contributed by atoms with Crippen LogP contribution in [0.25, 0.3) is 0 Å². The summed E-state index contributed by atoms with van der Waals surface area (Å²) >= 11 is 5.78. The summed E-state index contributed by atoms with van der Waals surface area (Å²) in [6.45, 7) is 1.59. The van der Waals surface area contributed by atoms with Crippen molar-refractivity contribution in [1.29, 1.82) is 0 Å². The molecule has 8 heteroatoms. The predicted molar refractivity (Wildman–Crippen MR) is 79.4 cm³/mol. The maximum Gasteiger partial charge on any atom is 0.244 e. The van der Waals surface area contributed by atoms with Crippen molar-refractivity contribution in [2.24, 2.45) is 7.05 Å². The Morgan fingerprint density at radius 1 is 1.33 bits per heavy atom. The lowest BCUT2D eigenvalue weighted by molar-refractivity contribution is 0.146. The normalized spacial score (nSPS) is 14.9. The summed E-state index contributed by atoms with van der Waals surface area (Å²) in [7, 11) is -2.09. The van der Waals surface area contributed by atoms with Gasteiger partial charge in [-0.15, -0.1) is 0 Å². The molecule has 0 spiro atoms. The molecular formula is C13H16ClN3O3S. The fourth-order valence-electron chi connectivity index (χ4n) is 1.86. The van der Waals surface area contributed by atoms with Gasteiger partial charge in [0.2, 0.25) is 10.0 Å². The van der Waals surface area contributed by atoms with Crippen LogP contribution in [0.4, 0.5) is 0 Å². The number of rotatable bonds is 5. The Morgan fingerprint density at radius 3 is 2.48 bits per heavy atom. The van der Waals surface area contributed by atoms with E-state index in [0.29, 0.717) is 10.6 Å². The van der Waals surface area contributed by atoms with E-state index in [9.17, 15) is 13.5 Å². The van der Waals surface area contributed by atoms with E-state index in [1.807, 2.05) is 0 Å². The third-order valence-electron chi connectivity index (χ3n) is 3.02. The molecule has 2 aromatic rings. The summed E-state index contributed by atoms with van der Waals surface area (Å²) in [5.41, 5.74) is 0.584. The topological polar surface area (TPSA) is 84.2 Å². The number of nitrogens with zero attached hydrogens (tertiary/aromatic N) is 2. The molecular weight excluding hydrogens is 314 g/mol. The number of aromatic nitrogens is 2. The van der Waals surface area contributed by atoms with Crippen molar-refractivity contribution in [3.8, 4) is 0 Å². The smallest absolute Gasteiger partial charge is 0.244 e. The van der Waals surface area contributed by atoms with E-state index in [0.717, 1.165) is 0 Å². The molecule has 0 aliphatic heterocycles. The van der Waals surface area contributed by atoms with Crippen LogP contribution in [0.1, 0.15) is 18.6 Å². The number of hydrogen-bond donors (Lipinski definition) is 2. The molecule has 0 saturated carbocycles. The lowest BCUT2D eigenvalue weighted by Gasteiger charge is -2.20. The molecule has 0 aliphatic rings. The van der Waals surface area contributed by atoms with Gasteiger partial charge in [0.25, 0.3) is 0 Å². The highest BCUT2D eigenvalue weighted by Crippen LogP contribution is 2.20. The van der Waals surface area contributed by atoms with Gasteiger partial charge in [-0.05, 0) is 24.6 Å². The van der Waals surface area contributed by atoms with Crippen LogP contribution in [0.3, 0.4) is 0 Å². The zero-order chi connectivity index (χ0) is 15.6. The van der Waals surface area contributed by atoms with Crippen LogP contribution in [0.15, 0.2) is 41.6 Å². The Bertz CT molecular complexity index is 713. The van der Waals surface area contributed by atoms with Crippen molar-refractivity contribution in [3.05, 3.63) is 47.2 Å². The number of aliphatic hydroxyl groups is 1. The molecule has 2 N–H and O–H groups in total. The van der Waals surface area contributed by atoms with Gasteiger partial charge in [-0.25, -0.2) is 13.1 Å². The summed E-state index contributed by atoms with van der Waals surface area (Å²) in [5.74, 6) is 0. The highest BCUT2D eigenvalue weighted by Gasteiger charge is 2.24. The number of aryl methyl sites for hydroxylation is 1. The van der Waals surface area contributed by atoms with Crippen molar-refractivity contribution in [3.63, 3.8) is 0 Å². The molecule has 21 heavy (non-hydrogen) atoms. The first-order valence-electron chi connectivity index (χ1n) is 6.24. The van der Waals surface area contributed by atoms with E-state index in [-0.39, 0.29) is 4.90 Å². The standard InChI is InChI=1S/C13H16ClN3O3S/c1-9(13(18)10-3-5-11(14)6-4-10)16-21(19,20)12-7-15-17(2)8-12/h3-9,13,16,18H,1-2H3. The maximum absolute atomic E-state index is 12.1. The number of sulfonamides is 1. The zero-order valence-electron chi connectivity index (χ0n) is 11.6. The van der Waals surface area contributed by atoms with E-state index >= 15 is 0 Å². The van der Waals surface area contributed by atoms with Crippen molar-refractivity contribution >= 4 is 21.6 Å².